The Kier molecular flexibility index (Phi) is 8.55. The molecule has 1 N–H and O–H groups in total. The van der Waals surface area contributed by atoms with Crippen molar-refractivity contribution in [3.63, 3.8) is 0 Å². The molecule has 1 fully saturated rings. The Hall–Kier alpha value is -3.16. The largest absolute Gasteiger partial charge is 0.484 e. The van der Waals surface area contributed by atoms with Crippen LogP contribution in [0.2, 0.25) is 0 Å². The van der Waals surface area contributed by atoms with E-state index in [-0.39, 0.29) is 23.5 Å². The van der Waals surface area contributed by atoms with Crippen molar-refractivity contribution < 1.29 is 17.9 Å². The van der Waals surface area contributed by atoms with E-state index in [0.29, 0.717) is 18.8 Å². The number of benzene rings is 3. The molecule has 0 unspecified atom stereocenters. The zero-order chi connectivity index (χ0) is 24.5. The third-order valence-electron chi connectivity index (χ3n) is 6.21. The van der Waals surface area contributed by atoms with Crippen LogP contribution in [0.4, 0.5) is 0 Å². The predicted octanol–water partition coefficient (Wildman–Crippen LogP) is 4.91. The van der Waals surface area contributed by atoms with Crippen LogP contribution in [0.15, 0.2) is 89.8 Å². The maximum Gasteiger partial charge on any atom is 0.261 e. The van der Waals surface area contributed by atoms with Gasteiger partial charge in [-0.25, -0.2) is 13.1 Å². The van der Waals surface area contributed by atoms with E-state index in [9.17, 15) is 13.2 Å². The van der Waals surface area contributed by atoms with E-state index in [2.05, 4.69) is 4.72 Å². The zero-order valence-electron chi connectivity index (χ0n) is 19.8. The molecule has 1 aliphatic carbocycles. The van der Waals surface area contributed by atoms with Crippen molar-refractivity contribution >= 4 is 15.9 Å². The number of hydrogen-bond acceptors (Lipinski definition) is 4. The maximum absolute atomic E-state index is 13.1. The summed E-state index contributed by atoms with van der Waals surface area (Å²) in [6, 6.07) is 25.9. The quantitative estimate of drug-likeness (QED) is 0.437. The first-order valence-corrected chi connectivity index (χ1v) is 13.6. The van der Waals surface area contributed by atoms with Crippen LogP contribution < -0.4 is 9.46 Å². The predicted molar refractivity (Wildman–Crippen MR) is 136 cm³/mol. The Morgan fingerprint density at radius 1 is 0.800 bits per heavy atom. The van der Waals surface area contributed by atoms with Crippen LogP contribution in [0.3, 0.4) is 0 Å². The van der Waals surface area contributed by atoms with E-state index >= 15 is 0 Å². The summed E-state index contributed by atoms with van der Waals surface area (Å²) in [6.45, 7) is 0.815. The summed E-state index contributed by atoms with van der Waals surface area (Å²) >= 11 is 0. The third-order valence-corrected chi connectivity index (χ3v) is 7.74. The number of carbonyl (C=O) groups excluding carboxylic acids is 1. The van der Waals surface area contributed by atoms with E-state index in [0.717, 1.165) is 43.2 Å². The number of nitrogens with zero attached hydrogens (tertiary/aromatic N) is 1. The van der Waals surface area contributed by atoms with Crippen LogP contribution >= 0.6 is 0 Å². The number of rotatable bonds is 10. The van der Waals surface area contributed by atoms with Gasteiger partial charge < -0.3 is 9.64 Å². The first kappa shape index (κ1) is 24.9. The monoisotopic (exact) mass is 492 g/mol. The molecule has 0 atom stereocenters. The average molecular weight is 493 g/mol. The number of nitrogens with one attached hydrogen (secondary N) is 1. The van der Waals surface area contributed by atoms with Crippen LogP contribution in [0.25, 0.3) is 0 Å². The SMILES string of the molecule is O=C(COc1ccc(S(=O)(=O)NC2CCCCC2)cc1)N(Cc1ccccc1)Cc1ccccc1. The van der Waals surface area contributed by atoms with E-state index < -0.39 is 10.0 Å². The second kappa shape index (κ2) is 12.0. The van der Waals surface area contributed by atoms with Gasteiger partial charge in [0.05, 0.1) is 4.90 Å². The van der Waals surface area contributed by atoms with Gasteiger partial charge in [-0.3, -0.25) is 4.79 Å². The van der Waals surface area contributed by atoms with Gasteiger partial charge in [0.15, 0.2) is 6.61 Å². The molecule has 1 amide bonds. The summed E-state index contributed by atoms with van der Waals surface area (Å²) in [6.07, 6.45) is 5.03. The van der Waals surface area contributed by atoms with E-state index in [1.54, 1.807) is 17.0 Å². The Labute approximate surface area is 208 Å². The maximum atomic E-state index is 13.1. The fourth-order valence-corrected chi connectivity index (χ4v) is 5.60. The summed E-state index contributed by atoms with van der Waals surface area (Å²) in [5, 5.41) is 0. The Morgan fingerprint density at radius 3 is 1.89 bits per heavy atom. The highest BCUT2D eigenvalue weighted by atomic mass is 32.2. The summed E-state index contributed by atoms with van der Waals surface area (Å²) in [5.74, 6) is 0.308. The van der Waals surface area contributed by atoms with Crippen molar-refractivity contribution in [2.24, 2.45) is 0 Å². The highest BCUT2D eigenvalue weighted by Crippen LogP contribution is 2.21. The minimum absolute atomic E-state index is 0.00232. The average Bonchev–Trinajstić information content (AvgIpc) is 2.89. The zero-order valence-corrected chi connectivity index (χ0v) is 20.6. The number of sulfonamides is 1. The molecular weight excluding hydrogens is 460 g/mol. The fraction of sp³-hybridized carbons (Fsp3) is 0.321. The molecule has 0 bridgehead atoms. The standard InChI is InChI=1S/C28H32N2O4S/c31-28(30(20-23-10-4-1-5-11-23)21-24-12-6-2-7-13-24)22-34-26-16-18-27(19-17-26)35(32,33)29-25-14-8-3-9-15-25/h1-2,4-7,10-13,16-19,25,29H,3,8-9,14-15,20-22H2. The van der Waals surface area contributed by atoms with Crippen LogP contribution in [0, 0.1) is 0 Å². The molecule has 4 rings (SSSR count). The molecule has 0 radical (unpaired) electrons. The molecule has 3 aromatic carbocycles. The minimum atomic E-state index is -3.57. The summed E-state index contributed by atoms with van der Waals surface area (Å²) in [7, 11) is -3.57. The van der Waals surface area contributed by atoms with Gasteiger partial charge in [-0.15, -0.1) is 0 Å². The van der Waals surface area contributed by atoms with Gasteiger partial charge in [0, 0.05) is 19.1 Å². The van der Waals surface area contributed by atoms with Crippen LogP contribution in [-0.4, -0.2) is 31.9 Å². The summed E-state index contributed by atoms with van der Waals surface area (Å²) < 4.78 is 34.0. The molecule has 1 aliphatic rings. The number of hydrogen-bond donors (Lipinski definition) is 1. The second-order valence-electron chi connectivity index (χ2n) is 8.94. The van der Waals surface area contributed by atoms with Gasteiger partial charge in [0.1, 0.15) is 5.75 Å². The van der Waals surface area contributed by atoms with Gasteiger partial charge in [0.25, 0.3) is 5.91 Å². The Balaban J connectivity index is 1.37. The van der Waals surface area contributed by atoms with Crippen molar-refractivity contribution in [2.75, 3.05) is 6.61 Å². The molecule has 0 aliphatic heterocycles. The summed E-state index contributed by atoms with van der Waals surface area (Å²) in [5.41, 5.74) is 2.08. The number of carbonyl (C=O) groups is 1. The highest BCUT2D eigenvalue weighted by Gasteiger charge is 2.22. The minimum Gasteiger partial charge on any atom is -0.484 e. The molecule has 1 saturated carbocycles. The van der Waals surface area contributed by atoms with Crippen molar-refractivity contribution in [2.45, 2.75) is 56.1 Å². The van der Waals surface area contributed by atoms with Crippen LogP contribution in [0.1, 0.15) is 43.2 Å². The Bertz CT molecular complexity index is 1140. The van der Waals surface area contributed by atoms with Gasteiger partial charge >= 0.3 is 0 Å². The normalized spacial score (nSPS) is 14.4. The molecule has 7 heteroatoms. The first-order valence-electron chi connectivity index (χ1n) is 12.1. The summed E-state index contributed by atoms with van der Waals surface area (Å²) in [4.78, 5) is 15.0. The van der Waals surface area contributed by atoms with E-state index in [1.807, 2.05) is 60.7 Å². The van der Waals surface area contributed by atoms with Crippen molar-refractivity contribution in [1.29, 1.82) is 0 Å². The van der Waals surface area contributed by atoms with Crippen molar-refractivity contribution in [1.82, 2.24) is 9.62 Å². The number of amides is 1. The molecule has 6 nitrogen and oxygen atoms in total. The van der Waals surface area contributed by atoms with Crippen LogP contribution in [-0.2, 0) is 27.9 Å². The van der Waals surface area contributed by atoms with Crippen molar-refractivity contribution in [3.8, 4) is 5.75 Å². The molecule has 0 aromatic heterocycles. The van der Waals surface area contributed by atoms with E-state index in [4.69, 9.17) is 4.74 Å². The molecule has 3 aromatic rings. The number of ether oxygens (including phenoxy) is 1. The van der Waals surface area contributed by atoms with Gasteiger partial charge in [0.2, 0.25) is 10.0 Å². The Morgan fingerprint density at radius 2 is 1.34 bits per heavy atom. The van der Waals surface area contributed by atoms with Gasteiger partial charge in [-0.2, -0.15) is 0 Å². The highest BCUT2D eigenvalue weighted by molar-refractivity contribution is 7.89. The first-order chi connectivity index (χ1) is 17.0. The molecule has 35 heavy (non-hydrogen) atoms. The van der Waals surface area contributed by atoms with Crippen molar-refractivity contribution in [3.05, 3.63) is 96.1 Å². The lowest BCUT2D eigenvalue weighted by atomic mass is 9.96. The van der Waals surface area contributed by atoms with Gasteiger partial charge in [-0.05, 0) is 48.2 Å². The smallest absolute Gasteiger partial charge is 0.261 e. The van der Waals surface area contributed by atoms with E-state index in [1.165, 1.54) is 12.1 Å². The fourth-order valence-electron chi connectivity index (χ4n) is 4.30. The topological polar surface area (TPSA) is 75.7 Å². The molecular formula is C28H32N2O4S. The molecule has 0 saturated heterocycles. The second-order valence-corrected chi connectivity index (χ2v) is 10.7. The van der Waals surface area contributed by atoms with Gasteiger partial charge in [-0.1, -0.05) is 79.9 Å². The lowest BCUT2D eigenvalue weighted by Gasteiger charge is -2.23. The lowest BCUT2D eigenvalue weighted by molar-refractivity contribution is -0.134. The third kappa shape index (κ3) is 7.41. The molecule has 184 valence electrons. The lowest BCUT2D eigenvalue weighted by Crippen LogP contribution is -2.36. The molecule has 0 heterocycles. The van der Waals surface area contributed by atoms with Crippen LogP contribution in [0.5, 0.6) is 5.75 Å². The molecule has 0 spiro atoms.